The van der Waals surface area contributed by atoms with Crippen molar-refractivity contribution in [1.82, 2.24) is 5.32 Å². The zero-order chi connectivity index (χ0) is 18.6. The second-order valence-electron chi connectivity index (χ2n) is 5.88. The summed E-state index contributed by atoms with van der Waals surface area (Å²) >= 11 is -2.71. The smallest absolute Gasteiger partial charge is 0.251 e. The maximum atomic E-state index is 13.6. The van der Waals surface area contributed by atoms with Crippen LogP contribution in [0.15, 0.2) is 47.4 Å². The van der Waals surface area contributed by atoms with Crippen molar-refractivity contribution < 1.29 is 27.1 Å². The van der Waals surface area contributed by atoms with Crippen LogP contribution in [-0.4, -0.2) is 26.8 Å². The highest BCUT2D eigenvalue weighted by molar-refractivity contribution is 7.79. The van der Waals surface area contributed by atoms with Gasteiger partial charge in [-0.05, 0) is 67.4 Å². The lowest BCUT2D eigenvalue weighted by Gasteiger charge is -2.26. The van der Waals surface area contributed by atoms with Crippen LogP contribution >= 0.6 is 0 Å². The van der Waals surface area contributed by atoms with Gasteiger partial charge in [0.2, 0.25) is 0 Å². The van der Waals surface area contributed by atoms with Gasteiger partial charge in [-0.2, -0.15) is 0 Å². The molecule has 0 heterocycles. The first-order chi connectivity index (χ1) is 11.7. The molecule has 0 aliphatic heterocycles. The van der Waals surface area contributed by atoms with Crippen molar-refractivity contribution in [2.75, 3.05) is 6.54 Å². The second-order valence-corrected chi connectivity index (χ2v) is 6.79. The molecule has 0 saturated heterocycles. The Kier molecular flexibility index (Phi) is 5.86. The quantitative estimate of drug-likeness (QED) is 0.796. The first-order valence-electron chi connectivity index (χ1n) is 7.29. The van der Waals surface area contributed by atoms with Crippen LogP contribution in [0.1, 0.15) is 24.2 Å². The third kappa shape index (κ3) is 5.33. The van der Waals surface area contributed by atoms with Crippen molar-refractivity contribution in [2.24, 2.45) is 0 Å². The van der Waals surface area contributed by atoms with E-state index in [1.165, 1.54) is 30.3 Å². The lowest BCUT2D eigenvalue weighted by Crippen LogP contribution is -2.42. The van der Waals surface area contributed by atoms with E-state index in [2.05, 4.69) is 5.32 Å². The predicted octanol–water partition coefficient (Wildman–Crippen LogP) is 2.79. The lowest BCUT2D eigenvalue weighted by molar-refractivity contribution is 0.0824. The number of hydrogen-bond acceptors (Lipinski definition) is 4. The molecule has 5 nitrogen and oxygen atoms in total. The molecule has 0 fully saturated rings. The van der Waals surface area contributed by atoms with Crippen molar-refractivity contribution in [3.63, 3.8) is 0 Å². The van der Waals surface area contributed by atoms with E-state index in [1.807, 2.05) is 0 Å². The summed E-state index contributed by atoms with van der Waals surface area (Å²) in [4.78, 5) is 11.6. The molecule has 2 aromatic rings. The number of carbonyl (C=O) groups excluding carboxylic acids is 1. The molecule has 1 N–H and O–H groups in total. The first-order valence-corrected chi connectivity index (χ1v) is 8.37. The number of ether oxygens (including phenoxy) is 1. The molecule has 0 spiro atoms. The Morgan fingerprint density at radius 2 is 1.84 bits per heavy atom. The Balaban J connectivity index is 1.99. The summed E-state index contributed by atoms with van der Waals surface area (Å²) in [5, 5.41) is 2.59. The van der Waals surface area contributed by atoms with Gasteiger partial charge in [-0.25, -0.2) is 8.78 Å². The van der Waals surface area contributed by atoms with Crippen molar-refractivity contribution in [1.29, 1.82) is 0 Å². The van der Waals surface area contributed by atoms with E-state index >= 15 is 0 Å². The van der Waals surface area contributed by atoms with Gasteiger partial charge in [0.15, 0.2) is 0 Å². The summed E-state index contributed by atoms with van der Waals surface area (Å²) < 4.78 is 53.7. The summed E-state index contributed by atoms with van der Waals surface area (Å²) in [6.45, 7) is 3.54. The van der Waals surface area contributed by atoms with Crippen LogP contribution in [0, 0.1) is 11.6 Å². The van der Waals surface area contributed by atoms with Crippen LogP contribution in [0.4, 0.5) is 8.78 Å². The van der Waals surface area contributed by atoms with Crippen LogP contribution < -0.4 is 10.1 Å². The minimum atomic E-state index is -2.71. The Labute approximate surface area is 146 Å². The molecule has 0 saturated carbocycles. The number of amides is 1. The van der Waals surface area contributed by atoms with Crippen LogP contribution in [0.3, 0.4) is 0 Å². The van der Waals surface area contributed by atoms with Gasteiger partial charge in [0.05, 0.1) is 11.4 Å². The van der Waals surface area contributed by atoms with Crippen LogP contribution in [0.5, 0.6) is 5.75 Å². The number of nitrogens with one attached hydrogen (secondary N) is 1. The molecule has 1 unspecified atom stereocenters. The van der Waals surface area contributed by atoms with Crippen molar-refractivity contribution >= 4 is 17.0 Å². The average Bonchev–Trinajstić information content (AvgIpc) is 2.54. The Hall–Kier alpha value is -2.32. The molecule has 0 aromatic heterocycles. The number of rotatable bonds is 6. The van der Waals surface area contributed by atoms with Gasteiger partial charge >= 0.3 is 0 Å². The molecule has 0 aliphatic rings. The van der Waals surface area contributed by atoms with Crippen molar-refractivity contribution in [2.45, 2.75) is 24.3 Å². The summed E-state index contributed by atoms with van der Waals surface area (Å²) in [5.74, 6) is -1.52. The van der Waals surface area contributed by atoms with E-state index in [4.69, 9.17) is 4.74 Å². The zero-order valence-electron chi connectivity index (χ0n) is 13.5. The fourth-order valence-electron chi connectivity index (χ4n) is 2.03. The predicted molar refractivity (Wildman–Crippen MR) is 87.0 cm³/mol. The monoisotopic (exact) mass is 368 g/mol. The average molecular weight is 368 g/mol. The Morgan fingerprint density at radius 3 is 2.40 bits per heavy atom. The Morgan fingerprint density at radius 1 is 1.20 bits per heavy atom. The molecule has 134 valence electrons. The van der Waals surface area contributed by atoms with E-state index < -0.39 is 33.3 Å². The molecular weight excluding hydrogens is 352 g/mol. The van der Waals surface area contributed by atoms with Crippen LogP contribution in [-0.2, 0) is 11.1 Å². The van der Waals surface area contributed by atoms with Gasteiger partial charge in [0.1, 0.15) is 23.0 Å². The fourth-order valence-corrected chi connectivity index (χ4v) is 2.43. The third-order valence-corrected chi connectivity index (χ3v) is 3.95. The minimum absolute atomic E-state index is 0.00992. The topological polar surface area (TPSA) is 78.5 Å². The highest BCUT2D eigenvalue weighted by atomic mass is 32.2. The molecule has 25 heavy (non-hydrogen) atoms. The highest BCUT2D eigenvalue weighted by Gasteiger charge is 2.21. The molecule has 2 aromatic carbocycles. The molecule has 0 aliphatic carbocycles. The van der Waals surface area contributed by atoms with E-state index in [-0.39, 0.29) is 17.9 Å². The Bertz CT molecular complexity index is 794. The number of benzene rings is 2. The van der Waals surface area contributed by atoms with E-state index in [1.54, 1.807) is 13.8 Å². The lowest BCUT2D eigenvalue weighted by atomic mass is 10.1. The highest BCUT2D eigenvalue weighted by Crippen LogP contribution is 2.19. The van der Waals surface area contributed by atoms with E-state index in [0.29, 0.717) is 5.75 Å². The summed E-state index contributed by atoms with van der Waals surface area (Å²) in [6.07, 6.45) is 0. The standard InChI is InChI=1S/C17H17F2NO4S/c1-17(2,24-13-6-4-12(18)5-7-13)10-20-16(21)11-3-8-15(25(22)23)14(19)9-11/h3-9H,10H2,1-2H3,(H,20,21)(H,22,23)/p-1. The molecule has 8 heteroatoms. The van der Waals surface area contributed by atoms with Gasteiger partial charge in [-0.15, -0.1) is 0 Å². The molecule has 1 atom stereocenters. The number of carbonyl (C=O) groups is 1. The minimum Gasteiger partial charge on any atom is -0.768 e. The maximum Gasteiger partial charge on any atom is 0.251 e. The molecular formula is C17H16F2NO4S-. The van der Waals surface area contributed by atoms with Crippen LogP contribution in [0.2, 0.25) is 0 Å². The van der Waals surface area contributed by atoms with E-state index in [9.17, 15) is 22.3 Å². The van der Waals surface area contributed by atoms with Gasteiger partial charge in [0.25, 0.3) is 5.91 Å². The molecule has 0 bridgehead atoms. The fraction of sp³-hybridized carbons (Fsp3) is 0.235. The van der Waals surface area contributed by atoms with Gasteiger partial charge in [0, 0.05) is 5.56 Å². The molecule has 2 rings (SSSR count). The van der Waals surface area contributed by atoms with Gasteiger partial charge in [-0.1, -0.05) is 0 Å². The van der Waals surface area contributed by atoms with Crippen molar-refractivity contribution in [3.05, 3.63) is 59.7 Å². The SMILES string of the molecule is CC(C)(CNC(=O)c1ccc(S(=O)[O-])c(F)c1)Oc1ccc(F)cc1. The maximum absolute atomic E-state index is 13.6. The first kappa shape index (κ1) is 19.0. The molecule has 1 amide bonds. The molecule has 0 radical (unpaired) electrons. The largest absolute Gasteiger partial charge is 0.768 e. The second kappa shape index (κ2) is 7.71. The van der Waals surface area contributed by atoms with Crippen molar-refractivity contribution in [3.8, 4) is 5.75 Å². The van der Waals surface area contributed by atoms with Crippen LogP contribution in [0.25, 0.3) is 0 Å². The zero-order valence-corrected chi connectivity index (χ0v) is 14.4. The summed E-state index contributed by atoms with van der Waals surface area (Å²) in [6, 6.07) is 8.55. The third-order valence-electron chi connectivity index (χ3n) is 3.26. The van der Waals surface area contributed by atoms with E-state index in [0.717, 1.165) is 12.1 Å². The number of halogens is 2. The normalized spacial score (nSPS) is 12.5. The summed E-state index contributed by atoms with van der Waals surface area (Å²) in [7, 11) is 0. The van der Waals surface area contributed by atoms with Gasteiger partial charge < -0.3 is 14.6 Å². The summed E-state index contributed by atoms with van der Waals surface area (Å²) in [5.41, 5.74) is -0.813. The van der Waals surface area contributed by atoms with Gasteiger partial charge in [-0.3, -0.25) is 9.00 Å². The number of hydrogen-bond donors (Lipinski definition) is 1.